The highest BCUT2D eigenvalue weighted by Gasteiger charge is 2.11. The first-order chi connectivity index (χ1) is 12.4. The number of guanidine groups is 1. The van der Waals surface area contributed by atoms with Crippen molar-refractivity contribution in [1.82, 2.24) is 15.1 Å². The Labute approximate surface area is 182 Å². The van der Waals surface area contributed by atoms with Gasteiger partial charge in [-0.25, -0.2) is 0 Å². The van der Waals surface area contributed by atoms with Crippen molar-refractivity contribution in [3.8, 4) is 11.5 Å². The molecule has 1 N–H and O–H groups in total. The third kappa shape index (κ3) is 9.01. The highest BCUT2D eigenvalue weighted by Crippen LogP contribution is 2.25. The van der Waals surface area contributed by atoms with Crippen molar-refractivity contribution in [2.24, 2.45) is 4.99 Å². The van der Waals surface area contributed by atoms with Gasteiger partial charge in [-0.15, -0.1) is 24.0 Å². The van der Waals surface area contributed by atoms with Gasteiger partial charge in [0.05, 0.1) is 14.2 Å². The number of aliphatic imine (C=N–C) groups is 1. The molecule has 0 aromatic heterocycles. The maximum atomic E-state index is 5.49. The summed E-state index contributed by atoms with van der Waals surface area (Å²) in [5.74, 6) is 2.51. The Morgan fingerprint density at radius 3 is 2.41 bits per heavy atom. The molecule has 0 fully saturated rings. The Hall–Kier alpha value is -1.22. The fourth-order valence-corrected chi connectivity index (χ4v) is 2.64. The van der Waals surface area contributed by atoms with Crippen molar-refractivity contribution in [2.75, 3.05) is 48.5 Å². The van der Waals surface area contributed by atoms with Crippen LogP contribution >= 0.6 is 24.0 Å². The van der Waals surface area contributed by atoms with E-state index in [-0.39, 0.29) is 24.0 Å². The van der Waals surface area contributed by atoms with Crippen molar-refractivity contribution in [3.63, 3.8) is 0 Å². The van der Waals surface area contributed by atoms with Crippen LogP contribution in [-0.4, -0.2) is 70.3 Å². The second kappa shape index (κ2) is 13.9. The summed E-state index contributed by atoms with van der Waals surface area (Å²) in [5.41, 5.74) is 1.09. The second-order valence-corrected chi connectivity index (χ2v) is 6.79. The number of rotatable bonds is 10. The van der Waals surface area contributed by atoms with Gasteiger partial charge in [0.2, 0.25) is 0 Å². The molecule has 6 nitrogen and oxygen atoms in total. The van der Waals surface area contributed by atoms with Gasteiger partial charge in [-0.2, -0.15) is 0 Å². The van der Waals surface area contributed by atoms with E-state index in [9.17, 15) is 0 Å². The van der Waals surface area contributed by atoms with Gasteiger partial charge in [-0.05, 0) is 52.4 Å². The first-order valence-corrected chi connectivity index (χ1v) is 9.25. The Balaban J connectivity index is 0.00000676. The van der Waals surface area contributed by atoms with Gasteiger partial charge < -0.3 is 24.6 Å². The van der Waals surface area contributed by atoms with Crippen LogP contribution in [0.15, 0.2) is 23.2 Å². The quantitative estimate of drug-likeness (QED) is 0.235. The molecular formula is C20H37IN4O2. The molecule has 0 saturated heterocycles. The summed E-state index contributed by atoms with van der Waals surface area (Å²) >= 11 is 0. The zero-order chi connectivity index (χ0) is 19.5. The van der Waals surface area contributed by atoms with Crippen LogP contribution < -0.4 is 14.8 Å². The minimum absolute atomic E-state index is 0. The summed E-state index contributed by atoms with van der Waals surface area (Å²) in [6, 6.07) is 6.49. The van der Waals surface area contributed by atoms with E-state index in [0.717, 1.165) is 42.5 Å². The first kappa shape index (κ1) is 25.8. The molecule has 0 bridgehead atoms. The molecule has 0 aliphatic carbocycles. The number of benzene rings is 1. The van der Waals surface area contributed by atoms with Crippen molar-refractivity contribution in [2.45, 2.75) is 39.3 Å². The van der Waals surface area contributed by atoms with E-state index in [4.69, 9.17) is 9.47 Å². The van der Waals surface area contributed by atoms with Crippen LogP contribution in [0.3, 0.4) is 0 Å². The SMILES string of the molecule is CN=C(NCCCCN(C)C(C)C)N(C)Cc1ccc(OC)cc1OC.I. The van der Waals surface area contributed by atoms with Gasteiger partial charge in [-0.3, -0.25) is 4.99 Å². The molecular weight excluding hydrogens is 455 g/mol. The molecule has 7 heteroatoms. The molecule has 27 heavy (non-hydrogen) atoms. The Morgan fingerprint density at radius 1 is 1.15 bits per heavy atom. The molecule has 1 rings (SSSR count). The summed E-state index contributed by atoms with van der Waals surface area (Å²) < 4.78 is 10.7. The lowest BCUT2D eigenvalue weighted by Crippen LogP contribution is -2.39. The predicted molar refractivity (Wildman–Crippen MR) is 125 cm³/mol. The zero-order valence-corrected chi connectivity index (χ0v) is 20.2. The van der Waals surface area contributed by atoms with E-state index in [1.54, 1.807) is 14.2 Å². The highest BCUT2D eigenvalue weighted by atomic mass is 127. The monoisotopic (exact) mass is 492 g/mol. The third-order valence-electron chi connectivity index (χ3n) is 4.58. The van der Waals surface area contributed by atoms with Gasteiger partial charge in [0.1, 0.15) is 11.5 Å². The van der Waals surface area contributed by atoms with Crippen LogP contribution in [0.25, 0.3) is 0 Å². The van der Waals surface area contributed by atoms with Gasteiger partial charge in [-0.1, -0.05) is 0 Å². The van der Waals surface area contributed by atoms with E-state index in [2.05, 4.69) is 41.0 Å². The van der Waals surface area contributed by atoms with Crippen molar-refractivity contribution in [3.05, 3.63) is 23.8 Å². The number of nitrogens with zero attached hydrogens (tertiary/aromatic N) is 3. The van der Waals surface area contributed by atoms with Crippen LogP contribution in [0.1, 0.15) is 32.3 Å². The Kier molecular flexibility index (Phi) is 13.2. The number of hydrogen-bond donors (Lipinski definition) is 1. The summed E-state index contributed by atoms with van der Waals surface area (Å²) in [6.45, 7) is 7.20. The average Bonchev–Trinajstić information content (AvgIpc) is 2.64. The number of ether oxygens (including phenoxy) is 2. The number of halogens is 1. The molecule has 0 radical (unpaired) electrons. The molecule has 156 valence electrons. The molecule has 0 aliphatic heterocycles. The Bertz CT molecular complexity index is 567. The molecule has 0 heterocycles. The number of unbranched alkanes of at least 4 members (excludes halogenated alkanes) is 1. The normalized spacial score (nSPS) is 11.4. The van der Waals surface area contributed by atoms with E-state index in [1.165, 1.54) is 6.42 Å². The van der Waals surface area contributed by atoms with Crippen molar-refractivity contribution < 1.29 is 9.47 Å². The molecule has 0 atom stereocenters. The molecule has 0 spiro atoms. The van der Waals surface area contributed by atoms with Crippen LogP contribution in [0.2, 0.25) is 0 Å². The first-order valence-electron chi connectivity index (χ1n) is 9.25. The smallest absolute Gasteiger partial charge is 0.193 e. The predicted octanol–water partition coefficient (Wildman–Crippen LogP) is 3.45. The van der Waals surface area contributed by atoms with Crippen LogP contribution in [0.4, 0.5) is 0 Å². The molecule has 0 saturated carbocycles. The fourth-order valence-electron chi connectivity index (χ4n) is 2.64. The number of hydrogen-bond acceptors (Lipinski definition) is 4. The average molecular weight is 492 g/mol. The topological polar surface area (TPSA) is 49.3 Å². The summed E-state index contributed by atoms with van der Waals surface area (Å²) in [6.07, 6.45) is 2.30. The maximum absolute atomic E-state index is 5.49. The van der Waals surface area contributed by atoms with Crippen LogP contribution in [0, 0.1) is 0 Å². The fraction of sp³-hybridized carbons (Fsp3) is 0.650. The molecule has 1 aromatic carbocycles. The molecule has 0 aliphatic rings. The minimum Gasteiger partial charge on any atom is -0.497 e. The minimum atomic E-state index is 0. The van der Waals surface area contributed by atoms with Crippen molar-refractivity contribution in [1.29, 1.82) is 0 Å². The van der Waals surface area contributed by atoms with Crippen LogP contribution in [0.5, 0.6) is 11.5 Å². The third-order valence-corrected chi connectivity index (χ3v) is 4.58. The molecule has 1 aromatic rings. The van der Waals surface area contributed by atoms with E-state index < -0.39 is 0 Å². The number of methoxy groups -OCH3 is 2. The largest absolute Gasteiger partial charge is 0.497 e. The lowest BCUT2D eigenvalue weighted by Gasteiger charge is -2.24. The highest BCUT2D eigenvalue weighted by molar-refractivity contribution is 14.0. The van der Waals surface area contributed by atoms with E-state index in [0.29, 0.717) is 12.6 Å². The van der Waals surface area contributed by atoms with Gasteiger partial charge in [0.25, 0.3) is 0 Å². The lowest BCUT2D eigenvalue weighted by atomic mass is 10.2. The number of nitrogens with one attached hydrogen (secondary N) is 1. The standard InChI is InChI=1S/C20H36N4O2.HI/c1-16(2)23(4)13-9-8-12-22-20(21-3)24(5)15-17-10-11-18(25-6)14-19(17)26-7;/h10-11,14,16H,8-9,12-13,15H2,1-7H3,(H,21,22);1H. The van der Waals surface area contributed by atoms with Gasteiger partial charge >= 0.3 is 0 Å². The van der Waals surface area contributed by atoms with Crippen LogP contribution in [-0.2, 0) is 6.54 Å². The Morgan fingerprint density at radius 2 is 1.85 bits per heavy atom. The maximum Gasteiger partial charge on any atom is 0.193 e. The van der Waals surface area contributed by atoms with Gasteiger partial charge in [0.15, 0.2) is 5.96 Å². The van der Waals surface area contributed by atoms with E-state index in [1.807, 2.05) is 32.3 Å². The molecule has 0 unspecified atom stereocenters. The summed E-state index contributed by atoms with van der Waals surface area (Å²) in [4.78, 5) is 8.86. The van der Waals surface area contributed by atoms with Gasteiger partial charge in [0, 0.05) is 44.9 Å². The lowest BCUT2D eigenvalue weighted by molar-refractivity contribution is 0.268. The molecule has 0 amide bonds. The summed E-state index contributed by atoms with van der Waals surface area (Å²) in [5, 5.41) is 3.44. The zero-order valence-electron chi connectivity index (χ0n) is 17.9. The van der Waals surface area contributed by atoms with Crippen molar-refractivity contribution >= 4 is 29.9 Å². The van der Waals surface area contributed by atoms with E-state index >= 15 is 0 Å². The summed E-state index contributed by atoms with van der Waals surface area (Å²) in [7, 11) is 9.36. The second-order valence-electron chi connectivity index (χ2n) is 6.79.